The van der Waals surface area contributed by atoms with Crippen LogP contribution in [0.5, 0.6) is 0 Å². The first-order chi connectivity index (χ1) is 42.0. The molecule has 85 heavy (non-hydrogen) atoms. The van der Waals surface area contributed by atoms with Gasteiger partial charge in [0.15, 0.2) is 0 Å². The van der Waals surface area contributed by atoms with Crippen molar-refractivity contribution in [2.45, 2.75) is 431 Å². The molecule has 0 aliphatic rings. The van der Waals surface area contributed by atoms with E-state index in [2.05, 4.69) is 55.6 Å². The van der Waals surface area contributed by atoms with E-state index in [1.165, 1.54) is 340 Å². The molecule has 0 saturated heterocycles. The number of carbonyl (C=O) groups is 2. The highest BCUT2D eigenvalue weighted by Gasteiger charge is 2.18. The van der Waals surface area contributed by atoms with E-state index in [0.717, 1.165) is 51.4 Å². The molecule has 0 fully saturated rings. The standard InChI is InChI=1S/C79H149NO5/c1-3-5-7-9-11-13-15-17-19-21-22-23-30-33-36-40-43-47-51-55-59-63-67-71-77(82)76(75-81)80-78(83)72-68-64-60-56-52-48-44-41-37-34-31-28-26-24-25-27-29-32-35-38-42-46-50-54-58-62-66-70-74-85-79(84)73-69-65-61-57-53-49-45-39-20-18-16-14-12-10-8-6-4-2/h12,14,18,20,24-25,67,71,76-77,81-82H,3-11,13,15-17,19,21-23,26-66,68-70,72-75H2,1-2H3,(H,80,83)/b14-12-,20-18-,25-24-,71-67+. The van der Waals surface area contributed by atoms with Crippen LogP contribution >= 0.6 is 0 Å². The van der Waals surface area contributed by atoms with Crippen LogP contribution in [0.2, 0.25) is 0 Å². The summed E-state index contributed by atoms with van der Waals surface area (Å²) in [4.78, 5) is 24.6. The Balaban J connectivity index is 3.40. The topological polar surface area (TPSA) is 95.9 Å². The first kappa shape index (κ1) is 82.8. The second-order valence-electron chi connectivity index (χ2n) is 26.3. The molecule has 0 aromatic rings. The lowest BCUT2D eigenvalue weighted by molar-refractivity contribution is -0.143. The molecule has 0 rings (SSSR count). The van der Waals surface area contributed by atoms with E-state index in [1.807, 2.05) is 6.08 Å². The van der Waals surface area contributed by atoms with Crippen molar-refractivity contribution >= 4 is 11.9 Å². The van der Waals surface area contributed by atoms with Gasteiger partial charge in [-0.05, 0) is 89.9 Å². The zero-order chi connectivity index (χ0) is 61.3. The highest BCUT2D eigenvalue weighted by molar-refractivity contribution is 5.76. The van der Waals surface area contributed by atoms with Crippen molar-refractivity contribution in [2.24, 2.45) is 0 Å². The van der Waals surface area contributed by atoms with E-state index in [9.17, 15) is 19.8 Å². The quantitative estimate of drug-likeness (QED) is 0.0320. The third-order valence-electron chi connectivity index (χ3n) is 17.8. The molecular weight excluding hydrogens is 1040 g/mol. The van der Waals surface area contributed by atoms with Gasteiger partial charge in [0.05, 0.1) is 25.4 Å². The molecule has 1 amide bonds. The van der Waals surface area contributed by atoms with Gasteiger partial charge >= 0.3 is 5.97 Å². The number of rotatable bonds is 72. The lowest BCUT2D eigenvalue weighted by atomic mass is 10.0. The molecule has 0 aromatic heterocycles. The van der Waals surface area contributed by atoms with Gasteiger partial charge in [0.25, 0.3) is 0 Å². The normalized spacial score (nSPS) is 12.8. The largest absolute Gasteiger partial charge is 0.466 e. The minimum Gasteiger partial charge on any atom is -0.466 e. The van der Waals surface area contributed by atoms with Gasteiger partial charge in [0.2, 0.25) is 5.91 Å². The Labute approximate surface area is 531 Å². The van der Waals surface area contributed by atoms with Crippen LogP contribution < -0.4 is 5.32 Å². The van der Waals surface area contributed by atoms with Gasteiger partial charge < -0.3 is 20.3 Å². The molecule has 500 valence electrons. The third-order valence-corrected chi connectivity index (χ3v) is 17.8. The van der Waals surface area contributed by atoms with Crippen molar-refractivity contribution in [3.8, 4) is 0 Å². The number of aliphatic hydroxyl groups is 2. The molecule has 0 aliphatic carbocycles. The molecule has 2 atom stereocenters. The Morgan fingerprint density at radius 2 is 0.588 bits per heavy atom. The molecule has 0 aliphatic heterocycles. The summed E-state index contributed by atoms with van der Waals surface area (Å²) in [5.41, 5.74) is 0. The van der Waals surface area contributed by atoms with Crippen LogP contribution in [0.3, 0.4) is 0 Å². The summed E-state index contributed by atoms with van der Waals surface area (Å²) in [5.74, 6) is -0.0557. The van der Waals surface area contributed by atoms with Crippen molar-refractivity contribution < 1.29 is 24.5 Å². The molecule has 0 aromatic carbocycles. The van der Waals surface area contributed by atoms with Gasteiger partial charge in [-0.25, -0.2) is 0 Å². The van der Waals surface area contributed by atoms with Gasteiger partial charge in [0.1, 0.15) is 0 Å². The minimum absolute atomic E-state index is 0.00816. The van der Waals surface area contributed by atoms with Crippen molar-refractivity contribution in [2.75, 3.05) is 13.2 Å². The summed E-state index contributed by atoms with van der Waals surface area (Å²) in [6.07, 6.45) is 97.8. The number of nitrogens with one attached hydrogen (secondary N) is 1. The van der Waals surface area contributed by atoms with Crippen molar-refractivity contribution in [3.63, 3.8) is 0 Å². The summed E-state index contributed by atoms with van der Waals surface area (Å²) in [7, 11) is 0. The lowest BCUT2D eigenvalue weighted by Crippen LogP contribution is -2.45. The molecule has 0 saturated carbocycles. The van der Waals surface area contributed by atoms with E-state index in [-0.39, 0.29) is 18.5 Å². The van der Waals surface area contributed by atoms with Crippen molar-refractivity contribution in [1.29, 1.82) is 0 Å². The van der Waals surface area contributed by atoms with Crippen LogP contribution in [0.25, 0.3) is 0 Å². The SMILES string of the molecule is CCCCC/C=C\C/C=C\CCCCCCCCCC(=O)OCCCCCCCCCCCCCC/C=C\CCCCCCCCCCCCCCC(=O)NC(CO)C(O)/C=C/CCCCCCCCCCCCCCCCCCCCCCC. The van der Waals surface area contributed by atoms with Crippen LogP contribution in [-0.4, -0.2) is 47.4 Å². The zero-order valence-electron chi connectivity index (χ0n) is 57.4. The highest BCUT2D eigenvalue weighted by atomic mass is 16.5. The smallest absolute Gasteiger partial charge is 0.305 e. The average molecular weight is 1190 g/mol. The number of esters is 1. The van der Waals surface area contributed by atoms with E-state index in [0.29, 0.717) is 19.4 Å². The van der Waals surface area contributed by atoms with Crippen molar-refractivity contribution in [3.05, 3.63) is 48.6 Å². The van der Waals surface area contributed by atoms with E-state index in [4.69, 9.17) is 4.74 Å². The summed E-state index contributed by atoms with van der Waals surface area (Å²) < 4.78 is 5.50. The first-order valence-corrected chi connectivity index (χ1v) is 38.4. The number of amides is 1. The number of aliphatic hydroxyl groups excluding tert-OH is 2. The number of carbonyl (C=O) groups excluding carboxylic acids is 2. The molecule has 0 radical (unpaired) electrons. The number of hydrogen-bond donors (Lipinski definition) is 3. The Morgan fingerprint density at radius 3 is 0.929 bits per heavy atom. The van der Waals surface area contributed by atoms with Gasteiger partial charge in [0, 0.05) is 12.8 Å². The number of ether oxygens (including phenoxy) is 1. The summed E-state index contributed by atoms with van der Waals surface area (Å²) in [6.45, 7) is 4.91. The molecular formula is C79H149NO5. The highest BCUT2D eigenvalue weighted by Crippen LogP contribution is 2.19. The Morgan fingerprint density at radius 1 is 0.329 bits per heavy atom. The fourth-order valence-electron chi connectivity index (χ4n) is 12.0. The van der Waals surface area contributed by atoms with Gasteiger partial charge in [-0.1, -0.05) is 364 Å². The van der Waals surface area contributed by atoms with Crippen LogP contribution in [0.15, 0.2) is 48.6 Å². The van der Waals surface area contributed by atoms with Gasteiger partial charge in [-0.3, -0.25) is 9.59 Å². The maximum atomic E-state index is 12.5. The molecule has 6 heteroatoms. The predicted molar refractivity (Wildman–Crippen MR) is 375 cm³/mol. The minimum atomic E-state index is -0.847. The molecule has 3 N–H and O–H groups in total. The third kappa shape index (κ3) is 70.8. The van der Waals surface area contributed by atoms with Crippen LogP contribution in [0.1, 0.15) is 418 Å². The summed E-state index contributed by atoms with van der Waals surface area (Å²) >= 11 is 0. The second kappa shape index (κ2) is 74.3. The van der Waals surface area contributed by atoms with Crippen LogP contribution in [0, 0.1) is 0 Å². The van der Waals surface area contributed by atoms with Crippen molar-refractivity contribution in [1.82, 2.24) is 5.32 Å². The first-order valence-electron chi connectivity index (χ1n) is 38.4. The molecule has 2 unspecified atom stereocenters. The summed E-state index contributed by atoms with van der Waals surface area (Å²) in [6, 6.07) is -0.630. The summed E-state index contributed by atoms with van der Waals surface area (Å²) in [5, 5.41) is 23.3. The molecule has 6 nitrogen and oxygen atoms in total. The predicted octanol–water partition coefficient (Wildman–Crippen LogP) is 25.2. The number of hydrogen-bond acceptors (Lipinski definition) is 5. The van der Waals surface area contributed by atoms with Crippen LogP contribution in [-0.2, 0) is 14.3 Å². The second-order valence-corrected chi connectivity index (χ2v) is 26.3. The Hall–Kier alpha value is -2.18. The molecule has 0 heterocycles. The van der Waals surface area contributed by atoms with Crippen LogP contribution in [0.4, 0.5) is 0 Å². The Bertz CT molecular complexity index is 1420. The number of allylic oxidation sites excluding steroid dienone is 7. The average Bonchev–Trinajstić information content (AvgIpc) is 3.51. The maximum absolute atomic E-state index is 12.5. The Kier molecular flexibility index (Phi) is 72.4. The fourth-order valence-corrected chi connectivity index (χ4v) is 12.0. The van der Waals surface area contributed by atoms with E-state index < -0.39 is 12.1 Å². The monoisotopic (exact) mass is 1190 g/mol. The van der Waals surface area contributed by atoms with Gasteiger partial charge in [-0.2, -0.15) is 0 Å². The molecule has 0 spiro atoms. The molecule has 0 bridgehead atoms. The fraction of sp³-hybridized carbons (Fsp3) is 0.873. The lowest BCUT2D eigenvalue weighted by Gasteiger charge is -2.20. The van der Waals surface area contributed by atoms with E-state index in [1.54, 1.807) is 6.08 Å². The zero-order valence-corrected chi connectivity index (χ0v) is 57.4. The van der Waals surface area contributed by atoms with Gasteiger partial charge in [-0.15, -0.1) is 0 Å². The number of unbranched alkanes of at least 4 members (excludes halogenated alkanes) is 55. The van der Waals surface area contributed by atoms with E-state index >= 15 is 0 Å². The maximum Gasteiger partial charge on any atom is 0.305 e.